The number of hydrogen-bond donors (Lipinski definition) is 0. The second-order valence-corrected chi connectivity index (χ2v) is 8.31. The molecule has 2 aliphatic rings. The maximum Gasteiger partial charge on any atom is 0.220 e. The Hall–Kier alpha value is -1.44. The molecule has 4 rings (SSSR count). The Morgan fingerprint density at radius 2 is 2.13 bits per heavy atom. The van der Waals surface area contributed by atoms with Crippen LogP contribution in [0.2, 0.25) is 0 Å². The lowest BCUT2D eigenvalue weighted by atomic mass is 9.90. The lowest BCUT2D eigenvalue weighted by Crippen LogP contribution is -2.48. The van der Waals surface area contributed by atoms with Crippen LogP contribution in [0.15, 0.2) is 28.8 Å². The number of aromatic nitrogens is 1. The number of para-hydroxylation sites is 1. The fourth-order valence-electron chi connectivity index (χ4n) is 3.61. The third kappa shape index (κ3) is 2.88. The third-order valence-corrected chi connectivity index (χ3v) is 6.60. The summed E-state index contributed by atoms with van der Waals surface area (Å²) in [6.07, 6.45) is 3.07. The minimum absolute atomic E-state index is 0.109. The van der Waals surface area contributed by atoms with Gasteiger partial charge in [0.25, 0.3) is 0 Å². The highest BCUT2D eigenvalue weighted by molar-refractivity contribution is 7.88. The van der Waals surface area contributed by atoms with Gasteiger partial charge in [0.1, 0.15) is 11.4 Å². The molecule has 0 unspecified atom stereocenters. The van der Waals surface area contributed by atoms with E-state index in [4.69, 9.17) is 9.26 Å². The molecule has 124 valence electrons. The van der Waals surface area contributed by atoms with Crippen molar-refractivity contribution >= 4 is 21.0 Å². The van der Waals surface area contributed by atoms with Crippen LogP contribution in [0.3, 0.4) is 0 Å². The van der Waals surface area contributed by atoms with Crippen LogP contribution < -0.4 is 0 Å². The Morgan fingerprint density at radius 1 is 1.26 bits per heavy atom. The first-order valence-corrected chi connectivity index (χ1v) is 9.67. The molecular formula is C16H20N2O4S. The highest BCUT2D eigenvalue weighted by Crippen LogP contribution is 2.30. The molecule has 0 N–H and O–H groups in total. The lowest BCUT2D eigenvalue weighted by Gasteiger charge is -2.40. The Balaban J connectivity index is 1.53. The zero-order chi connectivity index (χ0) is 15.9. The molecule has 0 bridgehead atoms. The van der Waals surface area contributed by atoms with Gasteiger partial charge < -0.3 is 9.26 Å². The summed E-state index contributed by atoms with van der Waals surface area (Å²) in [6, 6.07) is 7.35. The number of benzene rings is 1. The molecular weight excluding hydrogens is 316 g/mol. The van der Waals surface area contributed by atoms with E-state index >= 15 is 0 Å². The second kappa shape index (κ2) is 5.89. The third-order valence-electron chi connectivity index (χ3n) is 4.84. The Labute approximate surface area is 135 Å². The van der Waals surface area contributed by atoms with Crippen molar-refractivity contribution in [2.75, 3.05) is 19.7 Å². The monoisotopic (exact) mass is 336 g/mol. The van der Waals surface area contributed by atoms with Crippen molar-refractivity contribution in [1.82, 2.24) is 9.46 Å². The molecule has 3 heterocycles. The van der Waals surface area contributed by atoms with Crippen LogP contribution in [0.5, 0.6) is 0 Å². The van der Waals surface area contributed by atoms with E-state index in [9.17, 15) is 8.42 Å². The van der Waals surface area contributed by atoms with E-state index in [0.717, 1.165) is 31.3 Å². The van der Waals surface area contributed by atoms with Crippen LogP contribution in [0.4, 0.5) is 0 Å². The summed E-state index contributed by atoms with van der Waals surface area (Å²) in [5.74, 6) is 0.212. The maximum absolute atomic E-state index is 12.8. The van der Waals surface area contributed by atoms with Crippen LogP contribution in [-0.4, -0.2) is 43.7 Å². The quantitative estimate of drug-likeness (QED) is 0.859. The predicted octanol–water partition coefficient (Wildman–Crippen LogP) is 2.16. The summed E-state index contributed by atoms with van der Waals surface area (Å²) in [4.78, 5) is 0. The van der Waals surface area contributed by atoms with Crippen LogP contribution in [0.1, 0.15) is 25.0 Å². The van der Waals surface area contributed by atoms with Gasteiger partial charge >= 0.3 is 0 Å². The first-order valence-electron chi connectivity index (χ1n) is 8.06. The van der Waals surface area contributed by atoms with E-state index in [0.29, 0.717) is 30.3 Å². The predicted molar refractivity (Wildman–Crippen MR) is 85.3 cm³/mol. The van der Waals surface area contributed by atoms with E-state index < -0.39 is 10.0 Å². The molecule has 1 aromatic carbocycles. The molecule has 2 saturated heterocycles. The lowest BCUT2D eigenvalue weighted by molar-refractivity contribution is -0.0534. The van der Waals surface area contributed by atoms with Crippen LogP contribution in [0.25, 0.3) is 11.0 Å². The highest BCUT2D eigenvalue weighted by atomic mass is 32.2. The summed E-state index contributed by atoms with van der Waals surface area (Å²) in [5.41, 5.74) is 1.11. The summed E-state index contributed by atoms with van der Waals surface area (Å²) >= 11 is 0. The maximum atomic E-state index is 12.8. The fraction of sp³-hybridized carbons (Fsp3) is 0.562. The van der Waals surface area contributed by atoms with Gasteiger partial charge in [-0.2, -0.15) is 0 Å². The van der Waals surface area contributed by atoms with E-state index in [-0.39, 0.29) is 11.9 Å². The number of sulfonamides is 1. The minimum Gasteiger partial charge on any atom is -0.378 e. The van der Waals surface area contributed by atoms with Gasteiger partial charge in [-0.15, -0.1) is 0 Å². The zero-order valence-corrected chi connectivity index (χ0v) is 13.7. The Kier molecular flexibility index (Phi) is 3.87. The van der Waals surface area contributed by atoms with Crippen LogP contribution >= 0.6 is 0 Å². The standard InChI is InChI=1S/C16H20N2O4S/c19-23(20,11-14-13-5-1-2-6-16(13)22-17-14)18-8-7-15-12(10-18)4-3-9-21-15/h1-2,5-6,12,15H,3-4,7-11H2/t12-,15-/m0/s1. The molecule has 0 radical (unpaired) electrons. The van der Waals surface area contributed by atoms with E-state index in [1.807, 2.05) is 18.2 Å². The molecule has 7 heteroatoms. The summed E-state index contributed by atoms with van der Waals surface area (Å²) < 4.78 is 38.1. The van der Waals surface area contributed by atoms with Gasteiger partial charge in [0, 0.05) is 25.1 Å². The van der Waals surface area contributed by atoms with Crippen LogP contribution in [-0.2, 0) is 20.5 Å². The van der Waals surface area contributed by atoms with Crippen molar-refractivity contribution in [3.05, 3.63) is 30.0 Å². The highest BCUT2D eigenvalue weighted by Gasteiger charge is 2.37. The van der Waals surface area contributed by atoms with Gasteiger partial charge in [-0.1, -0.05) is 17.3 Å². The normalized spacial score (nSPS) is 26.3. The number of nitrogens with zero attached hydrogens (tertiary/aromatic N) is 2. The fourth-order valence-corrected chi connectivity index (χ4v) is 5.15. The SMILES string of the molecule is O=S(=O)(Cc1noc2ccccc12)N1CC[C@@H]2OCCC[C@H]2C1. The van der Waals surface area contributed by atoms with Crippen molar-refractivity contribution in [2.24, 2.45) is 5.92 Å². The number of piperidine rings is 1. The molecule has 23 heavy (non-hydrogen) atoms. The first-order chi connectivity index (χ1) is 11.1. The van der Waals surface area contributed by atoms with Crippen molar-refractivity contribution in [1.29, 1.82) is 0 Å². The van der Waals surface area contributed by atoms with Gasteiger partial charge in [-0.3, -0.25) is 0 Å². The van der Waals surface area contributed by atoms with Gasteiger partial charge in [-0.25, -0.2) is 12.7 Å². The summed E-state index contributed by atoms with van der Waals surface area (Å²) in [7, 11) is -3.39. The number of hydrogen-bond acceptors (Lipinski definition) is 5. The molecule has 0 saturated carbocycles. The minimum atomic E-state index is -3.39. The topological polar surface area (TPSA) is 72.6 Å². The summed E-state index contributed by atoms with van der Waals surface area (Å²) in [5, 5.41) is 4.72. The van der Waals surface area contributed by atoms with Gasteiger partial charge in [0.2, 0.25) is 10.0 Å². The van der Waals surface area contributed by atoms with E-state index in [2.05, 4.69) is 5.16 Å². The van der Waals surface area contributed by atoms with Crippen LogP contribution in [0, 0.1) is 5.92 Å². The molecule has 0 amide bonds. The Morgan fingerprint density at radius 3 is 3.04 bits per heavy atom. The Bertz CT molecular complexity index is 801. The second-order valence-electron chi connectivity index (χ2n) is 6.34. The van der Waals surface area contributed by atoms with Crippen molar-refractivity contribution in [3.8, 4) is 0 Å². The largest absolute Gasteiger partial charge is 0.378 e. The van der Waals surface area contributed by atoms with Crippen molar-refractivity contribution in [2.45, 2.75) is 31.1 Å². The molecule has 6 nitrogen and oxygen atoms in total. The van der Waals surface area contributed by atoms with Crippen molar-refractivity contribution in [3.63, 3.8) is 0 Å². The van der Waals surface area contributed by atoms with E-state index in [1.165, 1.54) is 0 Å². The average Bonchev–Trinajstić information content (AvgIpc) is 2.97. The molecule has 2 aliphatic heterocycles. The first kappa shape index (κ1) is 15.1. The molecule has 0 aliphatic carbocycles. The molecule has 0 spiro atoms. The molecule has 2 atom stereocenters. The number of ether oxygens (including phenoxy) is 1. The molecule has 1 aromatic heterocycles. The zero-order valence-electron chi connectivity index (χ0n) is 12.8. The van der Waals surface area contributed by atoms with Gasteiger partial charge in [0.15, 0.2) is 5.58 Å². The van der Waals surface area contributed by atoms with Gasteiger partial charge in [-0.05, 0) is 37.3 Å². The van der Waals surface area contributed by atoms with Crippen molar-refractivity contribution < 1.29 is 17.7 Å². The average molecular weight is 336 g/mol. The number of rotatable bonds is 3. The smallest absolute Gasteiger partial charge is 0.220 e. The molecule has 2 fully saturated rings. The van der Waals surface area contributed by atoms with E-state index in [1.54, 1.807) is 10.4 Å². The summed E-state index contributed by atoms with van der Waals surface area (Å²) in [6.45, 7) is 1.89. The van der Waals surface area contributed by atoms with Gasteiger partial charge in [0.05, 0.1) is 6.10 Å². The molecule has 2 aromatic rings. The number of fused-ring (bicyclic) bond motifs is 2.